The Balaban J connectivity index is 2.15. The maximum absolute atomic E-state index is 11.5. The third-order valence-corrected chi connectivity index (χ3v) is 3.68. The van der Waals surface area contributed by atoms with Gasteiger partial charge in [0, 0.05) is 17.9 Å². The summed E-state index contributed by atoms with van der Waals surface area (Å²) < 4.78 is 0. The molecule has 1 spiro atoms. The fourth-order valence-corrected chi connectivity index (χ4v) is 2.86. The smallest absolute Gasteiger partial charge is 0.223 e. The van der Waals surface area contributed by atoms with Crippen molar-refractivity contribution in [2.75, 3.05) is 19.6 Å². The summed E-state index contributed by atoms with van der Waals surface area (Å²) in [7, 11) is 0. The van der Waals surface area contributed by atoms with E-state index in [4.69, 9.17) is 0 Å². The Labute approximate surface area is 79.3 Å². The maximum Gasteiger partial charge on any atom is 0.223 e. The van der Waals surface area contributed by atoms with Gasteiger partial charge >= 0.3 is 0 Å². The van der Waals surface area contributed by atoms with Gasteiger partial charge in [-0.3, -0.25) is 4.79 Å². The molecule has 3 heteroatoms. The van der Waals surface area contributed by atoms with E-state index >= 15 is 0 Å². The van der Waals surface area contributed by atoms with E-state index in [1.807, 2.05) is 0 Å². The maximum atomic E-state index is 11.5. The second kappa shape index (κ2) is 3.29. The van der Waals surface area contributed by atoms with E-state index in [0.29, 0.717) is 0 Å². The van der Waals surface area contributed by atoms with Crippen LogP contribution in [0.25, 0.3) is 0 Å². The second-order valence-corrected chi connectivity index (χ2v) is 4.29. The quantitative estimate of drug-likeness (QED) is 0.620. The van der Waals surface area contributed by atoms with Gasteiger partial charge in [0.1, 0.15) is 0 Å². The molecule has 0 aliphatic carbocycles. The number of hydrogen-bond acceptors (Lipinski definition) is 2. The van der Waals surface area contributed by atoms with E-state index in [1.54, 1.807) is 0 Å². The Kier molecular flexibility index (Phi) is 2.28. The first-order chi connectivity index (χ1) is 6.28. The molecular weight excluding hydrogens is 164 g/mol. The van der Waals surface area contributed by atoms with Gasteiger partial charge in [-0.25, -0.2) is 0 Å². The van der Waals surface area contributed by atoms with Crippen molar-refractivity contribution >= 4 is 5.91 Å². The van der Waals surface area contributed by atoms with Gasteiger partial charge in [-0.2, -0.15) is 0 Å². The first-order valence-electron chi connectivity index (χ1n) is 5.27. The van der Waals surface area contributed by atoms with Crippen LogP contribution >= 0.6 is 0 Å². The van der Waals surface area contributed by atoms with Crippen molar-refractivity contribution in [3.05, 3.63) is 0 Å². The molecule has 2 aliphatic heterocycles. The van der Waals surface area contributed by atoms with E-state index in [1.165, 1.54) is 0 Å². The molecule has 74 valence electrons. The predicted molar refractivity (Wildman–Crippen MR) is 51.3 cm³/mol. The van der Waals surface area contributed by atoms with Crippen LogP contribution in [-0.2, 0) is 4.79 Å². The van der Waals surface area contributed by atoms with Crippen LogP contribution in [0, 0.1) is 11.3 Å². The molecule has 0 bridgehead atoms. The molecule has 2 saturated heterocycles. The van der Waals surface area contributed by atoms with E-state index in [-0.39, 0.29) is 17.2 Å². The third-order valence-electron chi connectivity index (χ3n) is 3.68. The minimum Gasteiger partial charge on any atom is -0.355 e. The molecular formula is C10H18N2O. The molecule has 1 atom stereocenters. The number of carbonyl (C=O) groups excluding carboxylic acids is 1. The van der Waals surface area contributed by atoms with Crippen molar-refractivity contribution in [2.24, 2.45) is 11.3 Å². The molecule has 0 saturated carbocycles. The molecule has 3 nitrogen and oxygen atoms in total. The van der Waals surface area contributed by atoms with Gasteiger partial charge in [0.05, 0.1) is 0 Å². The van der Waals surface area contributed by atoms with E-state index in [2.05, 4.69) is 17.6 Å². The number of piperidine rings is 1. The summed E-state index contributed by atoms with van der Waals surface area (Å²) in [4.78, 5) is 11.5. The Hall–Kier alpha value is -0.570. The van der Waals surface area contributed by atoms with Gasteiger partial charge in [-0.15, -0.1) is 0 Å². The minimum absolute atomic E-state index is 0.273. The lowest BCUT2D eigenvalue weighted by Gasteiger charge is -2.36. The van der Waals surface area contributed by atoms with Crippen molar-refractivity contribution in [3.63, 3.8) is 0 Å². The van der Waals surface area contributed by atoms with Gasteiger partial charge in [0.25, 0.3) is 0 Å². The van der Waals surface area contributed by atoms with Crippen molar-refractivity contribution in [2.45, 2.75) is 26.2 Å². The molecule has 2 rings (SSSR count). The highest BCUT2D eigenvalue weighted by atomic mass is 16.2. The van der Waals surface area contributed by atoms with Crippen LogP contribution in [0.1, 0.15) is 26.2 Å². The van der Waals surface area contributed by atoms with Crippen LogP contribution in [0.2, 0.25) is 0 Å². The van der Waals surface area contributed by atoms with E-state index < -0.39 is 0 Å². The number of rotatable bonds is 1. The highest BCUT2D eigenvalue weighted by molar-refractivity contribution is 5.82. The summed E-state index contributed by atoms with van der Waals surface area (Å²) >= 11 is 0. The van der Waals surface area contributed by atoms with Crippen LogP contribution < -0.4 is 10.6 Å². The fraction of sp³-hybridized carbons (Fsp3) is 0.900. The molecule has 1 unspecified atom stereocenters. The van der Waals surface area contributed by atoms with Gasteiger partial charge in [0.2, 0.25) is 5.91 Å². The molecule has 0 aromatic heterocycles. The number of carbonyl (C=O) groups is 1. The molecule has 0 aromatic rings. The van der Waals surface area contributed by atoms with E-state index in [0.717, 1.165) is 38.9 Å². The topological polar surface area (TPSA) is 41.1 Å². The summed E-state index contributed by atoms with van der Waals surface area (Å²) in [6.07, 6.45) is 3.31. The molecule has 1 amide bonds. The highest BCUT2D eigenvalue weighted by Crippen LogP contribution is 2.41. The van der Waals surface area contributed by atoms with Crippen LogP contribution in [-0.4, -0.2) is 25.5 Å². The average molecular weight is 182 g/mol. The summed E-state index contributed by atoms with van der Waals surface area (Å²) in [5.41, 5.74) is 0.289. The van der Waals surface area contributed by atoms with Crippen LogP contribution in [0.15, 0.2) is 0 Å². The molecule has 2 aliphatic rings. The minimum atomic E-state index is 0.273. The normalized spacial score (nSPS) is 32.1. The van der Waals surface area contributed by atoms with Gasteiger partial charge < -0.3 is 10.6 Å². The van der Waals surface area contributed by atoms with Crippen LogP contribution in [0.5, 0.6) is 0 Å². The summed E-state index contributed by atoms with van der Waals surface area (Å²) in [5, 5.41) is 6.37. The van der Waals surface area contributed by atoms with Crippen molar-refractivity contribution < 1.29 is 4.79 Å². The SMILES string of the molecule is CCC1C(=O)NCC12CCNCC2. The molecule has 0 radical (unpaired) electrons. The standard InChI is InChI=1S/C10H18N2O/c1-2-8-9(13)12-7-10(8)3-5-11-6-4-10/h8,11H,2-7H2,1H3,(H,12,13). The second-order valence-electron chi connectivity index (χ2n) is 4.29. The zero-order chi connectivity index (χ0) is 9.31. The molecule has 2 N–H and O–H groups in total. The number of amides is 1. The number of hydrogen-bond donors (Lipinski definition) is 2. The Morgan fingerprint density at radius 2 is 2.15 bits per heavy atom. The lowest BCUT2D eigenvalue weighted by atomic mass is 9.70. The van der Waals surface area contributed by atoms with Crippen molar-refractivity contribution in [1.29, 1.82) is 0 Å². The fourth-order valence-electron chi connectivity index (χ4n) is 2.86. The Morgan fingerprint density at radius 1 is 1.46 bits per heavy atom. The zero-order valence-corrected chi connectivity index (χ0v) is 8.23. The van der Waals surface area contributed by atoms with Crippen molar-refractivity contribution in [3.8, 4) is 0 Å². The Morgan fingerprint density at radius 3 is 2.77 bits per heavy atom. The summed E-state index contributed by atoms with van der Waals surface area (Å²) in [5.74, 6) is 0.555. The third kappa shape index (κ3) is 1.35. The molecule has 0 aromatic carbocycles. The van der Waals surface area contributed by atoms with Crippen LogP contribution in [0.3, 0.4) is 0 Å². The van der Waals surface area contributed by atoms with Crippen LogP contribution in [0.4, 0.5) is 0 Å². The van der Waals surface area contributed by atoms with E-state index in [9.17, 15) is 4.79 Å². The first-order valence-corrected chi connectivity index (χ1v) is 5.27. The zero-order valence-electron chi connectivity index (χ0n) is 8.23. The Bertz CT molecular complexity index is 209. The van der Waals surface area contributed by atoms with Gasteiger partial charge in [-0.1, -0.05) is 6.92 Å². The van der Waals surface area contributed by atoms with Crippen molar-refractivity contribution in [1.82, 2.24) is 10.6 Å². The van der Waals surface area contributed by atoms with Gasteiger partial charge in [-0.05, 0) is 32.4 Å². The lowest BCUT2D eigenvalue weighted by Crippen LogP contribution is -2.41. The predicted octanol–water partition coefficient (Wildman–Crippen LogP) is 0.512. The lowest BCUT2D eigenvalue weighted by molar-refractivity contribution is -0.124. The number of nitrogens with one attached hydrogen (secondary N) is 2. The first kappa shape index (κ1) is 9.00. The monoisotopic (exact) mass is 182 g/mol. The summed E-state index contributed by atoms with van der Waals surface area (Å²) in [6, 6.07) is 0. The average Bonchev–Trinajstić information content (AvgIpc) is 2.45. The van der Waals surface area contributed by atoms with Gasteiger partial charge in [0.15, 0.2) is 0 Å². The summed E-state index contributed by atoms with van der Waals surface area (Å²) in [6.45, 7) is 5.18. The molecule has 2 fully saturated rings. The molecule has 2 heterocycles. The molecule has 13 heavy (non-hydrogen) atoms. The largest absolute Gasteiger partial charge is 0.355 e. The highest BCUT2D eigenvalue weighted by Gasteiger charge is 2.47.